The number of aryl methyl sites for hydroxylation is 1. The molecule has 18 heavy (non-hydrogen) atoms. The van der Waals surface area contributed by atoms with Crippen LogP contribution in [-0.2, 0) is 6.42 Å². The van der Waals surface area contributed by atoms with Crippen molar-refractivity contribution in [2.45, 2.75) is 31.7 Å². The Hall–Kier alpha value is -1.06. The van der Waals surface area contributed by atoms with Gasteiger partial charge in [-0.3, -0.25) is 0 Å². The molecule has 2 rings (SSSR count). The zero-order valence-corrected chi connectivity index (χ0v) is 11.3. The summed E-state index contributed by atoms with van der Waals surface area (Å²) in [5.41, 5.74) is 7.37. The number of likely N-dealkylation sites (tertiary alicyclic amines) is 1. The van der Waals surface area contributed by atoms with Crippen LogP contribution in [0.5, 0.6) is 5.75 Å². The maximum absolute atomic E-state index is 5.98. The number of hydrogen-bond donors (Lipinski definition) is 1. The number of methoxy groups -OCH3 is 1. The summed E-state index contributed by atoms with van der Waals surface area (Å²) in [6, 6.07) is 8.76. The summed E-state index contributed by atoms with van der Waals surface area (Å²) in [6.45, 7) is 3.46. The average molecular weight is 248 g/mol. The van der Waals surface area contributed by atoms with Gasteiger partial charge < -0.3 is 15.4 Å². The van der Waals surface area contributed by atoms with Crippen LogP contribution in [0.1, 0.15) is 24.8 Å². The summed E-state index contributed by atoms with van der Waals surface area (Å²) in [5.74, 6) is 0.931. The molecule has 1 unspecified atom stereocenters. The molecule has 0 spiro atoms. The normalized spacial score (nSPS) is 20.9. The van der Waals surface area contributed by atoms with Crippen LogP contribution in [0, 0.1) is 0 Å². The quantitative estimate of drug-likeness (QED) is 0.866. The van der Waals surface area contributed by atoms with Crippen LogP contribution in [0.3, 0.4) is 0 Å². The number of nitrogens with zero attached hydrogens (tertiary/aromatic N) is 1. The number of rotatable bonds is 5. The monoisotopic (exact) mass is 248 g/mol. The van der Waals surface area contributed by atoms with E-state index in [4.69, 9.17) is 10.5 Å². The average Bonchev–Trinajstić information content (AvgIpc) is 2.40. The maximum Gasteiger partial charge on any atom is 0.118 e. The smallest absolute Gasteiger partial charge is 0.118 e. The molecule has 0 aliphatic carbocycles. The van der Waals surface area contributed by atoms with Crippen LogP contribution in [0.25, 0.3) is 0 Å². The fraction of sp³-hybridized carbons (Fsp3) is 0.600. The second-order valence-corrected chi connectivity index (χ2v) is 5.15. The fourth-order valence-corrected chi connectivity index (χ4v) is 2.59. The number of hydrogen-bond acceptors (Lipinski definition) is 3. The van der Waals surface area contributed by atoms with Crippen molar-refractivity contribution in [1.29, 1.82) is 0 Å². The van der Waals surface area contributed by atoms with Gasteiger partial charge in [-0.2, -0.15) is 0 Å². The first-order chi connectivity index (χ1) is 8.78. The molecule has 1 fully saturated rings. The van der Waals surface area contributed by atoms with Crippen LogP contribution in [0.15, 0.2) is 24.3 Å². The van der Waals surface area contributed by atoms with Gasteiger partial charge in [0.15, 0.2) is 0 Å². The molecule has 1 heterocycles. The molecule has 0 amide bonds. The van der Waals surface area contributed by atoms with Crippen molar-refractivity contribution in [1.82, 2.24) is 4.90 Å². The van der Waals surface area contributed by atoms with Crippen molar-refractivity contribution >= 4 is 0 Å². The van der Waals surface area contributed by atoms with Crippen molar-refractivity contribution in [3.05, 3.63) is 29.8 Å². The Morgan fingerprint density at radius 2 is 2.11 bits per heavy atom. The molecule has 0 radical (unpaired) electrons. The van der Waals surface area contributed by atoms with E-state index in [-0.39, 0.29) is 0 Å². The predicted molar refractivity (Wildman–Crippen MR) is 75.0 cm³/mol. The Labute approximate surface area is 110 Å². The molecule has 100 valence electrons. The summed E-state index contributed by atoms with van der Waals surface area (Å²) in [6.07, 6.45) is 4.79. The molecule has 3 nitrogen and oxygen atoms in total. The van der Waals surface area contributed by atoms with E-state index in [1.54, 1.807) is 7.11 Å². The van der Waals surface area contributed by atoms with Crippen LogP contribution in [0.2, 0.25) is 0 Å². The zero-order valence-electron chi connectivity index (χ0n) is 11.3. The zero-order chi connectivity index (χ0) is 12.8. The molecule has 0 bridgehead atoms. The number of ether oxygens (including phenoxy) is 1. The summed E-state index contributed by atoms with van der Waals surface area (Å²) in [5, 5.41) is 0. The van der Waals surface area contributed by atoms with Crippen molar-refractivity contribution in [2.75, 3.05) is 26.7 Å². The van der Waals surface area contributed by atoms with Gasteiger partial charge in [0.25, 0.3) is 0 Å². The molecule has 1 aliphatic heterocycles. The molecule has 1 aliphatic rings. The lowest BCUT2D eigenvalue weighted by molar-refractivity contribution is 0.207. The van der Waals surface area contributed by atoms with Gasteiger partial charge in [0.2, 0.25) is 0 Å². The highest BCUT2D eigenvalue weighted by Gasteiger charge is 2.15. The lowest BCUT2D eigenvalue weighted by Gasteiger charge is -2.30. The van der Waals surface area contributed by atoms with Gasteiger partial charge in [-0.25, -0.2) is 0 Å². The van der Waals surface area contributed by atoms with E-state index in [1.165, 1.54) is 37.9 Å². The van der Waals surface area contributed by atoms with E-state index in [2.05, 4.69) is 17.0 Å². The van der Waals surface area contributed by atoms with E-state index in [0.717, 1.165) is 18.7 Å². The SMILES string of the molecule is COc1ccc(CCCN2CCCC(N)C2)cc1. The molecule has 1 aromatic rings. The molecular weight excluding hydrogens is 224 g/mol. The number of nitrogens with two attached hydrogens (primary N) is 1. The molecule has 0 aromatic heterocycles. The first-order valence-corrected chi connectivity index (χ1v) is 6.89. The van der Waals surface area contributed by atoms with E-state index in [0.29, 0.717) is 6.04 Å². The van der Waals surface area contributed by atoms with E-state index in [1.807, 2.05) is 12.1 Å². The Balaban J connectivity index is 1.70. The minimum absolute atomic E-state index is 0.389. The standard InChI is InChI=1S/C15H24N2O/c1-18-15-8-6-13(7-9-15)4-2-10-17-11-3-5-14(16)12-17/h6-9,14H,2-5,10-12,16H2,1H3. The molecule has 3 heteroatoms. The summed E-state index contributed by atoms with van der Waals surface area (Å²) in [4.78, 5) is 2.50. The maximum atomic E-state index is 5.98. The van der Waals surface area contributed by atoms with Gasteiger partial charge in [-0.15, -0.1) is 0 Å². The largest absolute Gasteiger partial charge is 0.497 e. The first-order valence-electron chi connectivity index (χ1n) is 6.89. The van der Waals surface area contributed by atoms with Crippen molar-refractivity contribution in [3.63, 3.8) is 0 Å². The molecule has 1 aromatic carbocycles. The fourth-order valence-electron chi connectivity index (χ4n) is 2.59. The third kappa shape index (κ3) is 4.00. The second-order valence-electron chi connectivity index (χ2n) is 5.15. The molecular formula is C15H24N2O. The van der Waals surface area contributed by atoms with Gasteiger partial charge in [-0.1, -0.05) is 12.1 Å². The van der Waals surface area contributed by atoms with Crippen LogP contribution in [0.4, 0.5) is 0 Å². The highest BCUT2D eigenvalue weighted by atomic mass is 16.5. The van der Waals surface area contributed by atoms with Gasteiger partial charge >= 0.3 is 0 Å². The molecule has 1 atom stereocenters. The summed E-state index contributed by atoms with van der Waals surface area (Å²) >= 11 is 0. The predicted octanol–water partition coefficient (Wildman–Crippen LogP) is 2.05. The Bertz CT molecular complexity index is 350. The summed E-state index contributed by atoms with van der Waals surface area (Å²) in [7, 11) is 1.70. The van der Waals surface area contributed by atoms with Crippen LogP contribution >= 0.6 is 0 Å². The number of benzene rings is 1. The second kappa shape index (κ2) is 6.76. The third-order valence-corrected chi connectivity index (χ3v) is 3.64. The van der Waals surface area contributed by atoms with Gasteiger partial charge in [0.1, 0.15) is 5.75 Å². The summed E-state index contributed by atoms with van der Waals surface area (Å²) < 4.78 is 5.16. The van der Waals surface area contributed by atoms with Gasteiger partial charge in [-0.05, 0) is 56.5 Å². The van der Waals surface area contributed by atoms with E-state index < -0.39 is 0 Å². The molecule has 2 N–H and O–H groups in total. The lowest BCUT2D eigenvalue weighted by atomic mass is 10.1. The van der Waals surface area contributed by atoms with E-state index >= 15 is 0 Å². The topological polar surface area (TPSA) is 38.5 Å². The third-order valence-electron chi connectivity index (χ3n) is 3.64. The Kier molecular flexibility index (Phi) is 5.02. The lowest BCUT2D eigenvalue weighted by Crippen LogP contribution is -2.43. The Morgan fingerprint density at radius 1 is 1.33 bits per heavy atom. The van der Waals surface area contributed by atoms with E-state index in [9.17, 15) is 0 Å². The number of piperidine rings is 1. The minimum atomic E-state index is 0.389. The van der Waals surface area contributed by atoms with Gasteiger partial charge in [0.05, 0.1) is 7.11 Å². The van der Waals surface area contributed by atoms with Crippen LogP contribution in [-0.4, -0.2) is 37.7 Å². The highest BCUT2D eigenvalue weighted by Crippen LogP contribution is 2.14. The van der Waals surface area contributed by atoms with Gasteiger partial charge in [0, 0.05) is 12.6 Å². The Morgan fingerprint density at radius 3 is 2.78 bits per heavy atom. The molecule has 0 saturated carbocycles. The first kappa shape index (κ1) is 13.4. The molecule has 1 saturated heterocycles. The highest BCUT2D eigenvalue weighted by molar-refractivity contribution is 5.27. The minimum Gasteiger partial charge on any atom is -0.497 e. The van der Waals surface area contributed by atoms with Crippen molar-refractivity contribution in [3.8, 4) is 5.75 Å². The van der Waals surface area contributed by atoms with Crippen LogP contribution < -0.4 is 10.5 Å². The van der Waals surface area contributed by atoms with Crippen molar-refractivity contribution < 1.29 is 4.74 Å². The van der Waals surface area contributed by atoms with Crippen molar-refractivity contribution in [2.24, 2.45) is 5.73 Å².